The lowest BCUT2D eigenvalue weighted by molar-refractivity contribution is 0.122. The molecule has 0 unspecified atom stereocenters. The number of benzene rings is 1. The second-order valence-corrected chi connectivity index (χ2v) is 7.80. The molecule has 0 N–H and O–H groups in total. The Labute approximate surface area is 170 Å². The lowest BCUT2D eigenvalue weighted by Gasteiger charge is -2.29. The normalized spacial score (nSPS) is 11.7. The van der Waals surface area contributed by atoms with E-state index in [0.717, 1.165) is 17.1 Å². The van der Waals surface area contributed by atoms with E-state index in [2.05, 4.69) is 37.6 Å². The van der Waals surface area contributed by atoms with Gasteiger partial charge in [0.25, 0.3) is 0 Å². The van der Waals surface area contributed by atoms with Gasteiger partial charge < -0.3 is 0 Å². The van der Waals surface area contributed by atoms with Crippen LogP contribution in [0.4, 0.5) is 0 Å². The van der Waals surface area contributed by atoms with Crippen LogP contribution in [0.1, 0.15) is 27.7 Å². The maximum Gasteiger partial charge on any atom is 0.204 e. The summed E-state index contributed by atoms with van der Waals surface area (Å²) in [4.78, 5) is 6.47. The zero-order chi connectivity index (χ0) is 19.6. The summed E-state index contributed by atoms with van der Waals surface area (Å²) in [6.07, 6.45) is 3.52. The van der Waals surface area contributed by atoms with Gasteiger partial charge in [-0.25, -0.2) is 4.68 Å². The first-order valence-electron chi connectivity index (χ1n) is 9.00. The van der Waals surface area contributed by atoms with Gasteiger partial charge in [-0.05, 0) is 76.3 Å². The molecule has 1 aromatic carbocycles. The number of halogens is 1. The van der Waals surface area contributed by atoms with E-state index in [-0.39, 0.29) is 0 Å². The third-order valence-electron chi connectivity index (χ3n) is 4.49. The summed E-state index contributed by atoms with van der Waals surface area (Å²) >= 11 is 11.9. The quantitative estimate of drug-likeness (QED) is 0.532. The van der Waals surface area contributed by atoms with Crippen molar-refractivity contribution < 1.29 is 0 Å². The molecule has 7 heteroatoms. The van der Waals surface area contributed by atoms with Crippen molar-refractivity contribution in [2.24, 2.45) is 0 Å². The Morgan fingerprint density at radius 2 is 1.59 bits per heavy atom. The van der Waals surface area contributed by atoms with Gasteiger partial charge in [0.15, 0.2) is 5.82 Å². The first kappa shape index (κ1) is 19.7. The molecule has 142 valence electrons. The smallest absolute Gasteiger partial charge is 0.204 e. The van der Waals surface area contributed by atoms with E-state index in [1.807, 2.05) is 45.6 Å². The molecule has 0 bridgehead atoms. The number of pyridine rings is 1. The van der Waals surface area contributed by atoms with Crippen LogP contribution in [0.2, 0.25) is 5.02 Å². The molecule has 5 nitrogen and oxygen atoms in total. The summed E-state index contributed by atoms with van der Waals surface area (Å²) in [5.41, 5.74) is 1.90. The zero-order valence-electron chi connectivity index (χ0n) is 16.0. The molecule has 2 aromatic heterocycles. The van der Waals surface area contributed by atoms with E-state index < -0.39 is 0 Å². The molecule has 0 fully saturated rings. The number of aromatic nitrogens is 4. The van der Waals surface area contributed by atoms with Crippen LogP contribution in [0.25, 0.3) is 17.1 Å². The molecule has 0 spiro atoms. The molecule has 2 heterocycles. The van der Waals surface area contributed by atoms with Crippen molar-refractivity contribution in [3.8, 4) is 17.1 Å². The van der Waals surface area contributed by atoms with Gasteiger partial charge in [-0.1, -0.05) is 11.6 Å². The lowest BCUT2D eigenvalue weighted by atomic mass is 10.2. The molecule has 27 heavy (non-hydrogen) atoms. The standard InChI is InChI=1S/C20H24ClN5S/c1-14(2)24(15(3)4)13-25-20(27)26(18-7-5-17(21)6-8-18)19(23-25)16-9-11-22-12-10-16/h5-12,14-15H,13H2,1-4H3. The van der Waals surface area contributed by atoms with Crippen molar-refractivity contribution in [2.45, 2.75) is 46.4 Å². The Bertz CT molecular complexity index is 937. The van der Waals surface area contributed by atoms with Crippen molar-refractivity contribution in [3.05, 3.63) is 58.6 Å². The monoisotopic (exact) mass is 401 g/mol. The van der Waals surface area contributed by atoms with Crippen molar-refractivity contribution in [2.75, 3.05) is 0 Å². The minimum atomic E-state index is 0.386. The maximum atomic E-state index is 6.07. The molecular formula is C20H24ClN5S. The molecule has 0 aliphatic carbocycles. The van der Waals surface area contributed by atoms with E-state index in [9.17, 15) is 0 Å². The molecule has 0 aliphatic rings. The van der Waals surface area contributed by atoms with Gasteiger partial charge >= 0.3 is 0 Å². The van der Waals surface area contributed by atoms with Gasteiger partial charge in [0.2, 0.25) is 4.77 Å². The van der Waals surface area contributed by atoms with Crippen LogP contribution in [-0.4, -0.2) is 36.3 Å². The van der Waals surface area contributed by atoms with Crippen LogP contribution in [0.5, 0.6) is 0 Å². The van der Waals surface area contributed by atoms with E-state index in [1.54, 1.807) is 12.4 Å². The average Bonchev–Trinajstić information content (AvgIpc) is 2.97. The first-order chi connectivity index (χ1) is 12.9. The minimum Gasteiger partial charge on any atom is -0.279 e. The van der Waals surface area contributed by atoms with Crippen LogP contribution in [-0.2, 0) is 6.67 Å². The fraction of sp³-hybridized carbons (Fsp3) is 0.350. The van der Waals surface area contributed by atoms with Crippen LogP contribution in [0, 0.1) is 4.77 Å². The summed E-state index contributed by atoms with van der Waals surface area (Å²) in [5.74, 6) is 0.789. The van der Waals surface area contributed by atoms with Gasteiger partial charge in [0.1, 0.15) is 0 Å². The predicted octanol–water partition coefficient (Wildman–Crippen LogP) is 5.19. The van der Waals surface area contributed by atoms with Crippen LogP contribution in [0.15, 0.2) is 48.8 Å². The SMILES string of the molecule is CC(C)N(Cn1nc(-c2ccncc2)n(-c2ccc(Cl)cc2)c1=S)C(C)C. The number of rotatable bonds is 6. The largest absolute Gasteiger partial charge is 0.279 e. The van der Waals surface area contributed by atoms with Crippen LogP contribution < -0.4 is 0 Å². The molecule has 0 radical (unpaired) electrons. The summed E-state index contributed by atoms with van der Waals surface area (Å²) in [5, 5.41) is 5.55. The number of hydrogen-bond acceptors (Lipinski definition) is 4. The summed E-state index contributed by atoms with van der Waals surface area (Å²) in [6.45, 7) is 9.37. The van der Waals surface area contributed by atoms with E-state index in [0.29, 0.717) is 28.5 Å². The fourth-order valence-electron chi connectivity index (χ4n) is 3.09. The van der Waals surface area contributed by atoms with Crippen molar-refractivity contribution in [1.29, 1.82) is 0 Å². The zero-order valence-corrected chi connectivity index (χ0v) is 17.6. The molecule has 0 atom stereocenters. The Morgan fingerprint density at radius 1 is 1.00 bits per heavy atom. The van der Waals surface area contributed by atoms with Gasteiger partial charge in [-0.2, -0.15) is 0 Å². The Kier molecular flexibility index (Phi) is 6.09. The molecule has 0 amide bonds. The van der Waals surface area contributed by atoms with Crippen LogP contribution >= 0.6 is 23.8 Å². The van der Waals surface area contributed by atoms with E-state index >= 15 is 0 Å². The molecule has 0 aliphatic heterocycles. The second-order valence-electron chi connectivity index (χ2n) is 7.00. The maximum absolute atomic E-state index is 6.07. The van der Waals surface area contributed by atoms with Gasteiger partial charge in [-0.3, -0.25) is 14.5 Å². The highest BCUT2D eigenvalue weighted by Crippen LogP contribution is 2.24. The molecule has 3 rings (SSSR count). The van der Waals surface area contributed by atoms with Gasteiger partial charge in [-0.15, -0.1) is 5.10 Å². The van der Waals surface area contributed by atoms with Crippen molar-refractivity contribution in [3.63, 3.8) is 0 Å². The Hall–Kier alpha value is -2.02. The fourth-order valence-corrected chi connectivity index (χ4v) is 3.50. The minimum absolute atomic E-state index is 0.386. The Balaban J connectivity index is 2.15. The molecular weight excluding hydrogens is 378 g/mol. The van der Waals surface area contributed by atoms with Crippen molar-refractivity contribution >= 4 is 23.8 Å². The topological polar surface area (TPSA) is 38.9 Å². The second kappa shape index (κ2) is 8.33. The third kappa shape index (κ3) is 4.29. The first-order valence-corrected chi connectivity index (χ1v) is 9.79. The van der Waals surface area contributed by atoms with Gasteiger partial charge in [0, 0.05) is 35.1 Å². The lowest BCUT2D eigenvalue weighted by Crippen LogP contribution is -2.38. The highest BCUT2D eigenvalue weighted by Gasteiger charge is 2.19. The molecule has 0 saturated carbocycles. The average molecular weight is 402 g/mol. The summed E-state index contributed by atoms with van der Waals surface area (Å²) < 4.78 is 4.52. The highest BCUT2D eigenvalue weighted by atomic mass is 35.5. The number of nitrogens with zero attached hydrogens (tertiary/aromatic N) is 5. The third-order valence-corrected chi connectivity index (χ3v) is 5.13. The molecule has 0 saturated heterocycles. The van der Waals surface area contributed by atoms with Crippen LogP contribution in [0.3, 0.4) is 0 Å². The summed E-state index contributed by atoms with van der Waals surface area (Å²) in [7, 11) is 0. The molecule has 3 aromatic rings. The highest BCUT2D eigenvalue weighted by molar-refractivity contribution is 7.71. The van der Waals surface area contributed by atoms with E-state index in [4.69, 9.17) is 28.9 Å². The van der Waals surface area contributed by atoms with Crippen molar-refractivity contribution in [1.82, 2.24) is 24.2 Å². The van der Waals surface area contributed by atoms with Gasteiger partial charge in [0.05, 0.1) is 12.4 Å². The Morgan fingerprint density at radius 3 is 2.15 bits per heavy atom. The summed E-state index contributed by atoms with van der Waals surface area (Å²) in [6, 6.07) is 12.3. The number of hydrogen-bond donors (Lipinski definition) is 0. The predicted molar refractivity (Wildman–Crippen MR) is 113 cm³/mol. The van der Waals surface area contributed by atoms with E-state index in [1.165, 1.54) is 0 Å².